The summed E-state index contributed by atoms with van der Waals surface area (Å²) in [6.45, 7) is 1.69. The van der Waals surface area contributed by atoms with E-state index in [4.69, 9.17) is 27.9 Å². The molecule has 0 aromatic carbocycles. The van der Waals surface area contributed by atoms with E-state index >= 15 is 0 Å². The minimum absolute atomic E-state index is 0.247. The number of rotatable bonds is 0. The van der Waals surface area contributed by atoms with Gasteiger partial charge in [0.1, 0.15) is 10.4 Å². The Labute approximate surface area is 74.8 Å². The Hall–Kier alpha value is 0.470. The predicted octanol–water partition coefficient (Wildman–Crippen LogP) is 2.65. The summed E-state index contributed by atoms with van der Waals surface area (Å²) in [7, 11) is 0. The van der Waals surface area contributed by atoms with E-state index in [-0.39, 0.29) is 6.10 Å². The van der Waals surface area contributed by atoms with Gasteiger partial charge in [-0.1, -0.05) is 6.92 Å². The van der Waals surface area contributed by atoms with Crippen molar-refractivity contribution in [3.05, 3.63) is 0 Å². The van der Waals surface area contributed by atoms with Crippen LogP contribution in [0.25, 0.3) is 0 Å². The number of epoxide rings is 1. The molecular formula is C7H9Cl2FO. The summed E-state index contributed by atoms with van der Waals surface area (Å²) >= 11 is 11.8. The van der Waals surface area contributed by atoms with Crippen LogP contribution in [0.1, 0.15) is 19.8 Å². The molecule has 0 amide bonds. The lowest BCUT2D eigenvalue weighted by molar-refractivity contribution is 0.0689. The second kappa shape index (κ2) is 2.04. The standard InChI is InChI=1S/C7H9Cl2FO/c1-4-6(8,9)3-2-5-7(4,10)11-5/h4-5H,2-3H2,1H3. The topological polar surface area (TPSA) is 12.5 Å². The van der Waals surface area contributed by atoms with Gasteiger partial charge in [-0.2, -0.15) is 0 Å². The molecule has 0 N–H and O–H groups in total. The Kier molecular flexibility index (Phi) is 1.50. The van der Waals surface area contributed by atoms with Crippen molar-refractivity contribution in [3.8, 4) is 0 Å². The first-order chi connectivity index (χ1) is 4.97. The highest BCUT2D eigenvalue weighted by Gasteiger charge is 2.68. The van der Waals surface area contributed by atoms with E-state index in [2.05, 4.69) is 0 Å². The molecule has 0 aromatic rings. The van der Waals surface area contributed by atoms with Crippen LogP contribution in [0.3, 0.4) is 0 Å². The average molecular weight is 199 g/mol. The predicted molar refractivity (Wildman–Crippen MR) is 41.5 cm³/mol. The molecule has 1 saturated heterocycles. The van der Waals surface area contributed by atoms with Crippen molar-refractivity contribution in [1.82, 2.24) is 0 Å². The molecule has 0 bridgehead atoms. The number of fused-ring (bicyclic) bond motifs is 1. The van der Waals surface area contributed by atoms with Crippen molar-refractivity contribution >= 4 is 23.2 Å². The molecule has 1 nitrogen and oxygen atoms in total. The fourth-order valence-electron chi connectivity index (χ4n) is 1.65. The molecule has 2 fully saturated rings. The van der Waals surface area contributed by atoms with Gasteiger partial charge in [0.2, 0.25) is 5.85 Å². The van der Waals surface area contributed by atoms with Gasteiger partial charge >= 0.3 is 0 Å². The van der Waals surface area contributed by atoms with Crippen LogP contribution in [-0.2, 0) is 4.74 Å². The minimum Gasteiger partial charge on any atom is -0.334 e. The number of halogens is 3. The Morgan fingerprint density at radius 1 is 1.55 bits per heavy atom. The highest BCUT2D eigenvalue weighted by molar-refractivity contribution is 6.48. The van der Waals surface area contributed by atoms with Crippen molar-refractivity contribution in [2.24, 2.45) is 5.92 Å². The lowest BCUT2D eigenvalue weighted by Gasteiger charge is -2.31. The van der Waals surface area contributed by atoms with E-state index < -0.39 is 16.1 Å². The molecule has 0 radical (unpaired) electrons. The van der Waals surface area contributed by atoms with Gasteiger partial charge in [0.25, 0.3) is 0 Å². The van der Waals surface area contributed by atoms with E-state index in [9.17, 15) is 4.39 Å². The lowest BCUT2D eigenvalue weighted by atomic mass is 9.88. The number of hydrogen-bond donors (Lipinski definition) is 0. The lowest BCUT2D eigenvalue weighted by Crippen LogP contribution is -2.39. The molecule has 1 aliphatic carbocycles. The van der Waals surface area contributed by atoms with Crippen LogP contribution in [0, 0.1) is 5.92 Å². The maximum Gasteiger partial charge on any atom is 0.241 e. The van der Waals surface area contributed by atoms with Gasteiger partial charge in [-0.05, 0) is 12.8 Å². The maximum atomic E-state index is 13.4. The van der Waals surface area contributed by atoms with Crippen molar-refractivity contribution in [1.29, 1.82) is 0 Å². The summed E-state index contributed by atoms with van der Waals surface area (Å²) in [6.07, 6.45) is 1.00. The zero-order valence-electron chi connectivity index (χ0n) is 6.11. The third kappa shape index (κ3) is 0.995. The zero-order valence-corrected chi connectivity index (χ0v) is 7.62. The Bertz CT molecular complexity index is 192. The summed E-state index contributed by atoms with van der Waals surface area (Å²) in [5.41, 5.74) is 0. The van der Waals surface area contributed by atoms with Crippen molar-refractivity contribution in [2.75, 3.05) is 0 Å². The molecule has 4 heteroatoms. The monoisotopic (exact) mass is 198 g/mol. The van der Waals surface area contributed by atoms with Gasteiger partial charge in [-0.3, -0.25) is 0 Å². The highest BCUT2D eigenvalue weighted by atomic mass is 35.5. The third-order valence-electron chi connectivity index (χ3n) is 2.67. The van der Waals surface area contributed by atoms with Crippen LogP contribution < -0.4 is 0 Å². The fourth-order valence-corrected chi connectivity index (χ4v) is 2.16. The van der Waals surface area contributed by atoms with E-state index in [0.29, 0.717) is 12.8 Å². The third-order valence-corrected chi connectivity index (χ3v) is 3.70. The van der Waals surface area contributed by atoms with Crippen LogP contribution in [0.5, 0.6) is 0 Å². The van der Waals surface area contributed by atoms with E-state index in [0.717, 1.165) is 0 Å². The molecule has 3 unspecified atom stereocenters. The molecule has 1 heterocycles. The summed E-state index contributed by atoms with van der Waals surface area (Å²) in [5, 5.41) is 0. The van der Waals surface area contributed by atoms with Crippen LogP contribution in [0.4, 0.5) is 4.39 Å². The van der Waals surface area contributed by atoms with Crippen LogP contribution in [-0.4, -0.2) is 16.3 Å². The van der Waals surface area contributed by atoms with E-state index in [1.54, 1.807) is 6.92 Å². The molecular weight excluding hydrogens is 190 g/mol. The Balaban J connectivity index is 2.21. The Morgan fingerprint density at radius 3 is 2.73 bits per heavy atom. The quantitative estimate of drug-likeness (QED) is 0.431. The van der Waals surface area contributed by atoms with Gasteiger partial charge in [0, 0.05) is 0 Å². The first-order valence-electron chi connectivity index (χ1n) is 3.71. The molecule has 3 atom stereocenters. The first-order valence-corrected chi connectivity index (χ1v) is 4.47. The molecule has 1 saturated carbocycles. The zero-order chi connectivity index (χ0) is 8.28. The molecule has 64 valence electrons. The van der Waals surface area contributed by atoms with Crippen molar-refractivity contribution < 1.29 is 9.13 Å². The number of hydrogen-bond acceptors (Lipinski definition) is 1. The molecule has 2 rings (SSSR count). The van der Waals surface area contributed by atoms with E-state index in [1.165, 1.54) is 0 Å². The molecule has 11 heavy (non-hydrogen) atoms. The van der Waals surface area contributed by atoms with Crippen molar-refractivity contribution in [2.45, 2.75) is 36.1 Å². The smallest absolute Gasteiger partial charge is 0.241 e. The normalized spacial score (nSPS) is 53.5. The molecule has 1 aliphatic heterocycles. The van der Waals surface area contributed by atoms with Gasteiger partial charge in [0.05, 0.1) is 5.92 Å². The summed E-state index contributed by atoms with van der Waals surface area (Å²) < 4.78 is 17.4. The second-order valence-electron chi connectivity index (χ2n) is 3.33. The second-order valence-corrected chi connectivity index (χ2v) is 4.87. The first kappa shape index (κ1) is 8.09. The minimum atomic E-state index is -1.53. The highest BCUT2D eigenvalue weighted by Crippen LogP contribution is 2.59. The number of ether oxygens (including phenoxy) is 1. The van der Waals surface area contributed by atoms with Gasteiger partial charge in [-0.15, -0.1) is 23.2 Å². The summed E-state index contributed by atoms with van der Waals surface area (Å²) in [5.74, 6) is -1.95. The Morgan fingerprint density at radius 2 is 2.18 bits per heavy atom. The fraction of sp³-hybridized carbons (Fsp3) is 1.00. The van der Waals surface area contributed by atoms with Gasteiger partial charge in [-0.25, -0.2) is 4.39 Å². The van der Waals surface area contributed by atoms with Gasteiger partial charge < -0.3 is 4.74 Å². The average Bonchev–Trinajstić information content (AvgIpc) is 2.57. The largest absolute Gasteiger partial charge is 0.334 e. The summed E-state index contributed by atoms with van der Waals surface area (Å²) in [4.78, 5) is 0. The van der Waals surface area contributed by atoms with Crippen LogP contribution in [0.2, 0.25) is 0 Å². The number of alkyl halides is 3. The van der Waals surface area contributed by atoms with Crippen LogP contribution >= 0.6 is 23.2 Å². The molecule has 2 aliphatic rings. The molecule has 0 aromatic heterocycles. The van der Waals surface area contributed by atoms with Crippen molar-refractivity contribution in [3.63, 3.8) is 0 Å². The maximum absolute atomic E-state index is 13.4. The summed E-state index contributed by atoms with van der Waals surface area (Å²) in [6, 6.07) is 0. The van der Waals surface area contributed by atoms with Crippen LogP contribution in [0.15, 0.2) is 0 Å². The van der Waals surface area contributed by atoms with E-state index in [1.807, 2.05) is 0 Å². The SMILES string of the molecule is CC1C(Cl)(Cl)CCC2OC21F. The molecule has 0 spiro atoms. The van der Waals surface area contributed by atoms with Gasteiger partial charge in [0.15, 0.2) is 0 Å².